The average Bonchev–Trinajstić information content (AvgIpc) is 3.03. The van der Waals surface area contributed by atoms with E-state index in [0.29, 0.717) is 11.4 Å². The van der Waals surface area contributed by atoms with E-state index in [1.54, 1.807) is 24.2 Å². The molecule has 0 radical (unpaired) electrons. The predicted molar refractivity (Wildman–Crippen MR) is 97.3 cm³/mol. The maximum atomic E-state index is 12.0. The number of aromatic nitrogens is 3. The van der Waals surface area contributed by atoms with E-state index >= 15 is 0 Å². The van der Waals surface area contributed by atoms with E-state index in [4.69, 9.17) is 0 Å². The van der Waals surface area contributed by atoms with Crippen molar-refractivity contribution in [3.63, 3.8) is 0 Å². The van der Waals surface area contributed by atoms with Crippen LogP contribution in [0.15, 0.2) is 61.1 Å². The highest BCUT2D eigenvalue weighted by molar-refractivity contribution is 7.99. The zero-order valence-electron chi connectivity index (χ0n) is 13.3. The summed E-state index contributed by atoms with van der Waals surface area (Å²) < 4.78 is 1.89. The number of nitrogens with zero attached hydrogens (tertiary/aromatic N) is 3. The summed E-state index contributed by atoms with van der Waals surface area (Å²) >= 11 is 1.59. The van der Waals surface area contributed by atoms with Crippen LogP contribution in [0.1, 0.15) is 11.4 Å². The van der Waals surface area contributed by atoms with Crippen molar-refractivity contribution in [3.8, 4) is 5.82 Å². The number of carbonyl (C=O) groups is 1. The Morgan fingerprint density at radius 2 is 2.00 bits per heavy atom. The molecule has 5 nitrogen and oxygen atoms in total. The summed E-state index contributed by atoms with van der Waals surface area (Å²) in [6.07, 6.45) is 5.25. The SMILES string of the molecule is Cc1nccn1-c1ccc(NC(=O)CSCc2ccccc2)cn1. The lowest BCUT2D eigenvalue weighted by molar-refractivity contribution is -0.113. The average molecular weight is 338 g/mol. The van der Waals surface area contributed by atoms with Crippen molar-refractivity contribution in [3.05, 3.63) is 72.4 Å². The van der Waals surface area contributed by atoms with Crippen molar-refractivity contribution >= 4 is 23.4 Å². The Morgan fingerprint density at radius 1 is 1.17 bits per heavy atom. The quantitative estimate of drug-likeness (QED) is 0.748. The molecule has 0 aliphatic carbocycles. The molecule has 0 saturated heterocycles. The van der Waals surface area contributed by atoms with Crippen LogP contribution in [0.3, 0.4) is 0 Å². The molecule has 1 aromatic carbocycles. The Hall–Kier alpha value is -2.60. The highest BCUT2D eigenvalue weighted by atomic mass is 32.2. The Kier molecular flexibility index (Phi) is 5.28. The van der Waals surface area contributed by atoms with Crippen molar-refractivity contribution in [2.24, 2.45) is 0 Å². The molecular formula is C18H18N4OS. The Bertz CT molecular complexity index is 799. The summed E-state index contributed by atoms with van der Waals surface area (Å²) in [7, 11) is 0. The Morgan fingerprint density at radius 3 is 2.67 bits per heavy atom. The largest absolute Gasteiger partial charge is 0.324 e. The van der Waals surface area contributed by atoms with Gasteiger partial charge in [-0.1, -0.05) is 30.3 Å². The fraction of sp³-hybridized carbons (Fsp3) is 0.167. The van der Waals surface area contributed by atoms with Gasteiger partial charge in [0, 0.05) is 18.1 Å². The molecule has 0 bridgehead atoms. The number of nitrogens with one attached hydrogen (secondary N) is 1. The summed E-state index contributed by atoms with van der Waals surface area (Å²) in [4.78, 5) is 20.5. The van der Waals surface area contributed by atoms with E-state index in [1.807, 2.05) is 48.0 Å². The molecule has 3 aromatic rings. The molecule has 0 aliphatic rings. The molecule has 122 valence electrons. The van der Waals surface area contributed by atoms with Gasteiger partial charge in [-0.3, -0.25) is 9.36 Å². The maximum Gasteiger partial charge on any atom is 0.234 e. The van der Waals surface area contributed by atoms with Gasteiger partial charge in [-0.2, -0.15) is 0 Å². The molecule has 0 spiro atoms. The number of hydrogen-bond acceptors (Lipinski definition) is 4. The molecule has 0 saturated carbocycles. The van der Waals surface area contributed by atoms with Crippen molar-refractivity contribution in [2.45, 2.75) is 12.7 Å². The van der Waals surface area contributed by atoms with Crippen LogP contribution >= 0.6 is 11.8 Å². The lowest BCUT2D eigenvalue weighted by Crippen LogP contribution is -2.14. The van der Waals surface area contributed by atoms with E-state index in [0.717, 1.165) is 17.4 Å². The van der Waals surface area contributed by atoms with Gasteiger partial charge in [0.25, 0.3) is 0 Å². The number of imidazole rings is 1. The van der Waals surface area contributed by atoms with Gasteiger partial charge in [0.1, 0.15) is 11.6 Å². The molecule has 2 heterocycles. The smallest absolute Gasteiger partial charge is 0.234 e. The molecule has 1 amide bonds. The molecule has 0 aliphatic heterocycles. The first-order valence-electron chi connectivity index (χ1n) is 7.60. The van der Waals surface area contributed by atoms with Gasteiger partial charge < -0.3 is 5.32 Å². The molecule has 3 rings (SSSR count). The molecule has 6 heteroatoms. The molecular weight excluding hydrogens is 320 g/mol. The minimum atomic E-state index is -0.0238. The van der Waals surface area contributed by atoms with Gasteiger partial charge in [-0.05, 0) is 24.6 Å². The normalized spacial score (nSPS) is 10.5. The number of amides is 1. The lowest BCUT2D eigenvalue weighted by atomic mass is 10.2. The Labute approximate surface area is 145 Å². The topological polar surface area (TPSA) is 59.8 Å². The number of carbonyl (C=O) groups excluding carboxylic acids is 1. The van der Waals surface area contributed by atoms with Crippen LogP contribution < -0.4 is 5.32 Å². The van der Waals surface area contributed by atoms with Crippen LogP contribution in [0.4, 0.5) is 5.69 Å². The second-order valence-electron chi connectivity index (χ2n) is 5.28. The van der Waals surface area contributed by atoms with Gasteiger partial charge in [0.15, 0.2) is 0 Å². The molecule has 0 fully saturated rings. The number of pyridine rings is 1. The monoisotopic (exact) mass is 338 g/mol. The van der Waals surface area contributed by atoms with Crippen molar-refractivity contribution in [1.29, 1.82) is 0 Å². The third kappa shape index (κ3) is 4.23. The predicted octanol–water partition coefficient (Wildman–Crippen LogP) is 3.45. The van der Waals surface area contributed by atoms with E-state index in [1.165, 1.54) is 5.56 Å². The fourth-order valence-corrected chi connectivity index (χ4v) is 3.04. The van der Waals surface area contributed by atoms with Gasteiger partial charge in [-0.15, -0.1) is 11.8 Å². The van der Waals surface area contributed by atoms with Crippen LogP contribution in [0.2, 0.25) is 0 Å². The second kappa shape index (κ2) is 7.79. The van der Waals surface area contributed by atoms with Gasteiger partial charge in [0.2, 0.25) is 5.91 Å². The second-order valence-corrected chi connectivity index (χ2v) is 6.26. The molecule has 2 aromatic heterocycles. The third-order valence-electron chi connectivity index (χ3n) is 3.45. The summed E-state index contributed by atoms with van der Waals surface area (Å²) in [6.45, 7) is 1.92. The van der Waals surface area contributed by atoms with Crippen LogP contribution in [-0.4, -0.2) is 26.2 Å². The minimum absolute atomic E-state index is 0.0238. The van der Waals surface area contributed by atoms with Crippen molar-refractivity contribution < 1.29 is 4.79 Å². The third-order valence-corrected chi connectivity index (χ3v) is 4.45. The first kappa shape index (κ1) is 16.3. The number of thioether (sulfide) groups is 1. The summed E-state index contributed by atoms with van der Waals surface area (Å²) in [5.74, 6) is 2.87. The first-order chi connectivity index (χ1) is 11.7. The number of anilines is 1. The van der Waals surface area contributed by atoms with Crippen molar-refractivity contribution in [2.75, 3.05) is 11.1 Å². The summed E-state index contributed by atoms with van der Waals surface area (Å²) in [6, 6.07) is 13.8. The van der Waals surface area contributed by atoms with E-state index < -0.39 is 0 Å². The number of rotatable bonds is 6. The van der Waals surface area contributed by atoms with Gasteiger partial charge in [0.05, 0.1) is 17.6 Å². The van der Waals surface area contributed by atoms with Crippen molar-refractivity contribution in [1.82, 2.24) is 14.5 Å². The lowest BCUT2D eigenvalue weighted by Gasteiger charge is -2.07. The highest BCUT2D eigenvalue weighted by Gasteiger charge is 2.05. The highest BCUT2D eigenvalue weighted by Crippen LogP contribution is 2.14. The summed E-state index contributed by atoms with van der Waals surface area (Å²) in [5.41, 5.74) is 1.92. The fourth-order valence-electron chi connectivity index (χ4n) is 2.26. The van der Waals surface area contributed by atoms with Crippen LogP contribution in [0.25, 0.3) is 5.82 Å². The molecule has 24 heavy (non-hydrogen) atoms. The zero-order chi connectivity index (χ0) is 16.8. The Balaban J connectivity index is 1.50. The first-order valence-corrected chi connectivity index (χ1v) is 8.76. The molecule has 1 N–H and O–H groups in total. The zero-order valence-corrected chi connectivity index (χ0v) is 14.2. The van der Waals surface area contributed by atoms with E-state index in [-0.39, 0.29) is 5.91 Å². The van der Waals surface area contributed by atoms with E-state index in [2.05, 4.69) is 27.4 Å². The number of benzene rings is 1. The van der Waals surface area contributed by atoms with Gasteiger partial charge >= 0.3 is 0 Å². The van der Waals surface area contributed by atoms with Crippen LogP contribution in [-0.2, 0) is 10.5 Å². The standard InChI is InChI=1S/C18H18N4OS/c1-14-19-9-10-22(14)17-8-7-16(11-20-17)21-18(23)13-24-12-15-5-3-2-4-6-15/h2-11H,12-13H2,1H3,(H,21,23). The minimum Gasteiger partial charge on any atom is -0.324 e. The summed E-state index contributed by atoms with van der Waals surface area (Å²) in [5, 5.41) is 2.87. The maximum absolute atomic E-state index is 12.0. The molecule has 0 atom stereocenters. The van der Waals surface area contributed by atoms with Crippen LogP contribution in [0.5, 0.6) is 0 Å². The molecule has 0 unspecified atom stereocenters. The van der Waals surface area contributed by atoms with Crippen LogP contribution in [0, 0.1) is 6.92 Å². The van der Waals surface area contributed by atoms with Gasteiger partial charge in [-0.25, -0.2) is 9.97 Å². The van der Waals surface area contributed by atoms with E-state index in [9.17, 15) is 4.79 Å². The number of aryl methyl sites for hydroxylation is 1. The number of hydrogen-bond donors (Lipinski definition) is 1.